The van der Waals surface area contributed by atoms with Crippen molar-refractivity contribution in [2.45, 2.75) is 12.1 Å². The lowest BCUT2D eigenvalue weighted by atomic mass is 10.1. The molecule has 0 saturated carbocycles. The third kappa shape index (κ3) is 3.89. The van der Waals surface area contributed by atoms with E-state index in [-0.39, 0.29) is 22.9 Å². The van der Waals surface area contributed by atoms with Crippen molar-refractivity contribution in [2.24, 2.45) is 0 Å². The van der Waals surface area contributed by atoms with E-state index in [1.165, 1.54) is 24.3 Å². The van der Waals surface area contributed by atoms with Gasteiger partial charge in [0, 0.05) is 10.4 Å². The highest BCUT2D eigenvalue weighted by Gasteiger charge is 2.33. The summed E-state index contributed by atoms with van der Waals surface area (Å²) >= 11 is 8.62. The summed E-state index contributed by atoms with van der Waals surface area (Å²) in [6, 6.07) is 7.27. The second-order valence-corrected chi connectivity index (χ2v) is 5.31. The van der Waals surface area contributed by atoms with Crippen molar-refractivity contribution in [1.29, 1.82) is 0 Å². The summed E-state index contributed by atoms with van der Waals surface area (Å²) in [5.41, 5.74) is -0.961. The summed E-state index contributed by atoms with van der Waals surface area (Å²) in [7, 11) is 0. The molecule has 21 heavy (non-hydrogen) atoms. The minimum absolute atomic E-state index is 0.0637. The number of hydrogen-bond acceptors (Lipinski definition) is 1. The van der Waals surface area contributed by atoms with E-state index >= 15 is 0 Å². The maximum absolute atomic E-state index is 13.5. The summed E-state index contributed by atoms with van der Waals surface area (Å²) in [6.07, 6.45) is -4.56. The summed E-state index contributed by atoms with van der Waals surface area (Å²) in [5, 5.41) is 0. The van der Waals surface area contributed by atoms with Gasteiger partial charge >= 0.3 is 6.18 Å². The van der Waals surface area contributed by atoms with Gasteiger partial charge in [-0.05, 0) is 35.9 Å². The van der Waals surface area contributed by atoms with Crippen LogP contribution in [0.3, 0.4) is 0 Å². The van der Waals surface area contributed by atoms with E-state index in [9.17, 15) is 17.6 Å². The van der Waals surface area contributed by atoms with Gasteiger partial charge in [-0.25, -0.2) is 4.39 Å². The molecule has 0 fully saturated rings. The van der Waals surface area contributed by atoms with Crippen molar-refractivity contribution >= 4 is 27.5 Å². The zero-order valence-corrected chi connectivity index (χ0v) is 12.7. The molecule has 2 aromatic rings. The average molecular weight is 384 g/mol. The molecule has 0 unspecified atom stereocenters. The van der Waals surface area contributed by atoms with Crippen LogP contribution in [-0.2, 0) is 12.1 Å². The Labute approximate surface area is 131 Å². The number of hydrogen-bond donors (Lipinski definition) is 0. The van der Waals surface area contributed by atoms with Crippen LogP contribution in [0, 0.1) is 5.82 Å². The molecule has 0 atom stereocenters. The van der Waals surface area contributed by atoms with Gasteiger partial charge in [0.25, 0.3) is 0 Å². The van der Waals surface area contributed by atoms with Crippen LogP contribution in [-0.4, -0.2) is 0 Å². The van der Waals surface area contributed by atoms with Crippen LogP contribution in [0.1, 0.15) is 11.1 Å². The molecular weight excluding hydrogens is 376 g/mol. The van der Waals surface area contributed by atoms with Gasteiger partial charge in [-0.2, -0.15) is 13.2 Å². The Bertz CT molecular complexity index is 658. The molecule has 0 N–H and O–H groups in total. The van der Waals surface area contributed by atoms with Crippen LogP contribution in [0.4, 0.5) is 17.6 Å². The molecule has 1 nitrogen and oxygen atoms in total. The van der Waals surface area contributed by atoms with E-state index < -0.39 is 17.6 Å². The molecule has 112 valence electrons. The van der Waals surface area contributed by atoms with Crippen LogP contribution in [0.25, 0.3) is 0 Å². The van der Waals surface area contributed by atoms with Gasteiger partial charge < -0.3 is 4.74 Å². The van der Waals surface area contributed by atoms with Crippen molar-refractivity contribution in [3.8, 4) is 11.5 Å². The maximum Gasteiger partial charge on any atom is 0.416 e. The Balaban J connectivity index is 2.39. The van der Waals surface area contributed by atoms with Crippen LogP contribution in [0.15, 0.2) is 40.9 Å². The van der Waals surface area contributed by atoms with Gasteiger partial charge in [0.05, 0.1) is 5.56 Å². The normalized spacial score (nSPS) is 11.5. The Morgan fingerprint density at radius 3 is 2.43 bits per heavy atom. The monoisotopic (exact) mass is 382 g/mol. The molecule has 0 aliphatic rings. The highest BCUT2D eigenvalue weighted by Crippen LogP contribution is 2.36. The lowest BCUT2D eigenvalue weighted by Crippen LogP contribution is -2.08. The Hall–Kier alpha value is -1.27. The predicted molar refractivity (Wildman–Crippen MR) is 75.2 cm³/mol. The molecule has 0 aliphatic heterocycles. The van der Waals surface area contributed by atoms with E-state index in [4.69, 9.17) is 16.3 Å². The van der Waals surface area contributed by atoms with Gasteiger partial charge in [0.2, 0.25) is 0 Å². The van der Waals surface area contributed by atoms with E-state index in [2.05, 4.69) is 15.9 Å². The zero-order valence-electron chi connectivity index (χ0n) is 10.3. The molecule has 0 saturated heterocycles. The molecule has 7 heteroatoms. The number of benzene rings is 2. The predicted octanol–water partition coefficient (Wildman–Crippen LogP) is 6.14. The fourth-order valence-electron chi connectivity index (χ4n) is 1.68. The quantitative estimate of drug-likeness (QED) is 0.457. The van der Waals surface area contributed by atoms with Crippen LogP contribution >= 0.6 is 27.5 Å². The molecule has 2 aromatic carbocycles. The number of ether oxygens (including phenoxy) is 1. The first-order valence-electron chi connectivity index (χ1n) is 5.70. The minimum Gasteiger partial charge on any atom is -0.454 e. The van der Waals surface area contributed by atoms with Crippen molar-refractivity contribution in [1.82, 2.24) is 0 Å². The third-order valence-corrected chi connectivity index (χ3v) is 3.43. The smallest absolute Gasteiger partial charge is 0.416 e. The summed E-state index contributed by atoms with van der Waals surface area (Å²) in [6.45, 7) is 0. The van der Waals surface area contributed by atoms with Crippen molar-refractivity contribution in [3.05, 3.63) is 57.8 Å². The second kappa shape index (κ2) is 6.23. The highest BCUT2D eigenvalue weighted by atomic mass is 79.9. The van der Waals surface area contributed by atoms with E-state index in [1.807, 2.05) is 0 Å². The van der Waals surface area contributed by atoms with Gasteiger partial charge in [0.15, 0.2) is 11.6 Å². The molecule has 0 aliphatic carbocycles. The highest BCUT2D eigenvalue weighted by molar-refractivity contribution is 9.10. The van der Waals surface area contributed by atoms with E-state index in [1.54, 1.807) is 0 Å². The fraction of sp³-hybridized carbons (Fsp3) is 0.143. The number of halogens is 6. The molecule has 0 radical (unpaired) electrons. The van der Waals surface area contributed by atoms with Gasteiger partial charge in [-0.15, -0.1) is 11.6 Å². The van der Waals surface area contributed by atoms with Crippen molar-refractivity contribution in [2.75, 3.05) is 0 Å². The van der Waals surface area contributed by atoms with Gasteiger partial charge in [0.1, 0.15) is 5.75 Å². The van der Waals surface area contributed by atoms with Crippen molar-refractivity contribution < 1.29 is 22.3 Å². The Kier molecular flexibility index (Phi) is 4.78. The first-order chi connectivity index (χ1) is 9.81. The SMILES string of the molecule is Fc1ccc(Br)cc1Oc1ccc(CCl)c(C(F)(F)F)c1. The van der Waals surface area contributed by atoms with Crippen molar-refractivity contribution in [3.63, 3.8) is 0 Å². The Morgan fingerprint density at radius 1 is 1.10 bits per heavy atom. The summed E-state index contributed by atoms with van der Waals surface area (Å²) < 4.78 is 58.0. The first-order valence-corrected chi connectivity index (χ1v) is 7.03. The molecule has 0 aromatic heterocycles. The molecule has 0 bridgehead atoms. The van der Waals surface area contributed by atoms with Gasteiger partial charge in [-0.3, -0.25) is 0 Å². The Morgan fingerprint density at radius 2 is 1.81 bits per heavy atom. The number of alkyl halides is 4. The topological polar surface area (TPSA) is 9.23 Å². The zero-order chi connectivity index (χ0) is 15.6. The third-order valence-electron chi connectivity index (χ3n) is 2.65. The lowest BCUT2D eigenvalue weighted by molar-refractivity contribution is -0.138. The fourth-order valence-corrected chi connectivity index (χ4v) is 2.25. The minimum atomic E-state index is -4.56. The standard InChI is InChI=1S/C14H8BrClF4O/c15-9-2-4-12(17)13(5-9)21-10-3-1-8(7-16)11(6-10)14(18,19)20/h1-6H,7H2. The average Bonchev–Trinajstić information content (AvgIpc) is 2.42. The molecule has 0 heterocycles. The maximum atomic E-state index is 13.5. The van der Waals surface area contributed by atoms with E-state index in [0.717, 1.165) is 12.1 Å². The van der Waals surface area contributed by atoms with Gasteiger partial charge in [-0.1, -0.05) is 22.0 Å². The largest absolute Gasteiger partial charge is 0.454 e. The van der Waals surface area contributed by atoms with Crippen LogP contribution in [0.5, 0.6) is 11.5 Å². The van der Waals surface area contributed by atoms with Crippen LogP contribution < -0.4 is 4.74 Å². The number of rotatable bonds is 3. The summed E-state index contributed by atoms with van der Waals surface area (Å²) in [5.74, 6) is -1.24. The molecule has 0 amide bonds. The van der Waals surface area contributed by atoms with E-state index in [0.29, 0.717) is 4.47 Å². The molecular formula is C14H8BrClF4O. The van der Waals surface area contributed by atoms with Crippen LogP contribution in [0.2, 0.25) is 0 Å². The summed E-state index contributed by atoms with van der Waals surface area (Å²) in [4.78, 5) is 0. The lowest BCUT2D eigenvalue weighted by Gasteiger charge is -2.14. The second-order valence-electron chi connectivity index (χ2n) is 4.13. The first kappa shape index (κ1) is 16.1. The molecule has 2 rings (SSSR count). The molecule has 0 spiro atoms.